The topological polar surface area (TPSA) is 44.4 Å². The molecule has 6 heteroatoms. The monoisotopic (exact) mass is 441 g/mol. The Morgan fingerprint density at radius 2 is 1.76 bits per heavy atom. The molecular formula is C23H37Cl2N3O. The SMILES string of the molecule is CC1CCCCN1Cc1ccccc1CNC(=O)CC1CC2CCC(C1)N2.Cl.Cl. The van der Waals surface area contributed by atoms with E-state index < -0.39 is 0 Å². The van der Waals surface area contributed by atoms with Gasteiger partial charge in [0.15, 0.2) is 0 Å². The zero-order valence-corrected chi connectivity index (χ0v) is 19.2. The second-order valence-electron chi connectivity index (χ2n) is 9.04. The third-order valence-corrected chi connectivity index (χ3v) is 6.95. The molecule has 1 aromatic rings. The summed E-state index contributed by atoms with van der Waals surface area (Å²) in [7, 11) is 0. The molecule has 0 aliphatic carbocycles. The summed E-state index contributed by atoms with van der Waals surface area (Å²) in [5.74, 6) is 0.788. The van der Waals surface area contributed by atoms with Gasteiger partial charge in [-0.05, 0) is 69.0 Å². The fourth-order valence-corrected chi connectivity index (χ4v) is 5.37. The second kappa shape index (κ2) is 11.5. The molecule has 1 amide bonds. The van der Waals surface area contributed by atoms with Gasteiger partial charge in [0, 0.05) is 37.6 Å². The molecule has 2 bridgehead atoms. The lowest BCUT2D eigenvalue weighted by atomic mass is 9.89. The molecule has 0 spiro atoms. The van der Waals surface area contributed by atoms with Crippen LogP contribution in [0.15, 0.2) is 24.3 Å². The van der Waals surface area contributed by atoms with Crippen molar-refractivity contribution in [3.8, 4) is 0 Å². The summed E-state index contributed by atoms with van der Waals surface area (Å²) >= 11 is 0. The van der Waals surface area contributed by atoms with Crippen LogP contribution in [0.1, 0.15) is 69.4 Å². The van der Waals surface area contributed by atoms with E-state index in [1.807, 2.05) is 0 Å². The van der Waals surface area contributed by atoms with E-state index in [0.717, 1.165) is 6.54 Å². The summed E-state index contributed by atoms with van der Waals surface area (Å²) in [6, 6.07) is 10.6. The fourth-order valence-electron chi connectivity index (χ4n) is 5.37. The van der Waals surface area contributed by atoms with Crippen LogP contribution in [0, 0.1) is 5.92 Å². The first-order valence-electron chi connectivity index (χ1n) is 11.0. The lowest BCUT2D eigenvalue weighted by Crippen LogP contribution is -2.39. The Kier molecular flexibility index (Phi) is 9.74. The Morgan fingerprint density at radius 1 is 1.07 bits per heavy atom. The van der Waals surface area contributed by atoms with Crippen molar-refractivity contribution >= 4 is 30.7 Å². The molecule has 1 aromatic carbocycles. The zero-order valence-electron chi connectivity index (χ0n) is 17.6. The molecular weight excluding hydrogens is 405 g/mol. The van der Waals surface area contributed by atoms with Crippen molar-refractivity contribution in [3.05, 3.63) is 35.4 Å². The maximum atomic E-state index is 12.5. The van der Waals surface area contributed by atoms with Gasteiger partial charge in [0.2, 0.25) is 5.91 Å². The van der Waals surface area contributed by atoms with Crippen molar-refractivity contribution in [3.63, 3.8) is 0 Å². The van der Waals surface area contributed by atoms with Gasteiger partial charge in [0.05, 0.1) is 0 Å². The van der Waals surface area contributed by atoms with Crippen LogP contribution in [0.3, 0.4) is 0 Å². The number of carbonyl (C=O) groups is 1. The minimum atomic E-state index is 0. The van der Waals surface area contributed by atoms with E-state index in [2.05, 4.69) is 46.7 Å². The Morgan fingerprint density at radius 3 is 2.45 bits per heavy atom. The number of nitrogens with one attached hydrogen (secondary N) is 2. The van der Waals surface area contributed by atoms with Gasteiger partial charge in [-0.1, -0.05) is 30.7 Å². The molecule has 4 rings (SSSR count). The quantitative estimate of drug-likeness (QED) is 0.685. The first-order valence-corrected chi connectivity index (χ1v) is 11.0. The number of fused-ring (bicyclic) bond motifs is 2. The molecule has 0 aromatic heterocycles. The largest absolute Gasteiger partial charge is 0.352 e. The van der Waals surface area contributed by atoms with E-state index in [0.29, 0.717) is 37.0 Å². The zero-order chi connectivity index (χ0) is 18.6. The average Bonchev–Trinajstić information content (AvgIpc) is 3.01. The standard InChI is InChI=1S/C23H35N3O.2ClH/c1-17-6-4-5-11-26(17)16-20-8-3-2-7-19(20)15-24-23(27)14-18-12-21-9-10-22(13-18)25-21;;/h2-3,7-8,17-18,21-22,25H,4-6,9-16H2,1H3,(H,24,27);2*1H. The summed E-state index contributed by atoms with van der Waals surface area (Å²) in [6.07, 6.45) is 9.60. The number of carbonyl (C=O) groups excluding carboxylic acids is 1. The first-order chi connectivity index (χ1) is 13.2. The number of hydrogen-bond acceptors (Lipinski definition) is 3. The van der Waals surface area contributed by atoms with Crippen LogP contribution < -0.4 is 10.6 Å². The Labute approximate surface area is 188 Å². The molecule has 0 radical (unpaired) electrons. The van der Waals surface area contributed by atoms with Crippen LogP contribution in [0.4, 0.5) is 0 Å². The van der Waals surface area contributed by atoms with Crippen molar-refractivity contribution < 1.29 is 4.79 Å². The van der Waals surface area contributed by atoms with Crippen LogP contribution in [0.5, 0.6) is 0 Å². The number of hydrogen-bond donors (Lipinski definition) is 2. The average molecular weight is 442 g/mol. The highest BCUT2D eigenvalue weighted by molar-refractivity contribution is 5.85. The van der Waals surface area contributed by atoms with E-state index in [1.54, 1.807) is 0 Å². The molecule has 4 nitrogen and oxygen atoms in total. The summed E-state index contributed by atoms with van der Waals surface area (Å²) in [6.45, 7) is 5.20. The van der Waals surface area contributed by atoms with Gasteiger partial charge in [-0.3, -0.25) is 9.69 Å². The van der Waals surface area contributed by atoms with E-state index in [9.17, 15) is 4.79 Å². The van der Waals surface area contributed by atoms with Crippen molar-refractivity contribution in [2.24, 2.45) is 5.92 Å². The number of amides is 1. The number of likely N-dealkylation sites (tertiary alicyclic amines) is 1. The minimum absolute atomic E-state index is 0. The van der Waals surface area contributed by atoms with Gasteiger partial charge in [-0.25, -0.2) is 0 Å². The van der Waals surface area contributed by atoms with E-state index in [4.69, 9.17) is 0 Å². The molecule has 3 fully saturated rings. The van der Waals surface area contributed by atoms with E-state index in [-0.39, 0.29) is 30.7 Å². The van der Waals surface area contributed by atoms with Gasteiger partial charge < -0.3 is 10.6 Å². The number of rotatable bonds is 6. The molecule has 3 heterocycles. The van der Waals surface area contributed by atoms with Crippen molar-refractivity contribution in [2.45, 2.75) is 89.5 Å². The van der Waals surface area contributed by atoms with E-state index in [1.165, 1.54) is 62.6 Å². The van der Waals surface area contributed by atoms with Crippen LogP contribution in [-0.2, 0) is 17.9 Å². The van der Waals surface area contributed by atoms with Crippen molar-refractivity contribution in [1.29, 1.82) is 0 Å². The van der Waals surface area contributed by atoms with Crippen LogP contribution in [-0.4, -0.2) is 35.5 Å². The number of nitrogens with zero attached hydrogens (tertiary/aromatic N) is 1. The smallest absolute Gasteiger partial charge is 0.220 e. The van der Waals surface area contributed by atoms with Crippen LogP contribution in [0.25, 0.3) is 0 Å². The predicted molar refractivity (Wildman–Crippen MR) is 124 cm³/mol. The summed E-state index contributed by atoms with van der Waals surface area (Å²) < 4.78 is 0. The van der Waals surface area contributed by atoms with Gasteiger partial charge in [0.25, 0.3) is 0 Å². The van der Waals surface area contributed by atoms with Crippen molar-refractivity contribution in [2.75, 3.05) is 6.54 Å². The Balaban J connectivity index is 0.00000150. The third kappa shape index (κ3) is 6.58. The second-order valence-corrected chi connectivity index (χ2v) is 9.04. The van der Waals surface area contributed by atoms with Crippen LogP contribution >= 0.6 is 24.8 Å². The summed E-state index contributed by atoms with van der Waals surface area (Å²) in [5, 5.41) is 6.87. The van der Waals surface area contributed by atoms with Gasteiger partial charge >= 0.3 is 0 Å². The predicted octanol–water partition coefficient (Wildman–Crippen LogP) is 4.44. The molecule has 3 unspecified atom stereocenters. The molecule has 3 aliphatic rings. The summed E-state index contributed by atoms with van der Waals surface area (Å²) in [4.78, 5) is 15.1. The molecule has 2 N–H and O–H groups in total. The highest BCUT2D eigenvalue weighted by atomic mass is 35.5. The molecule has 3 saturated heterocycles. The van der Waals surface area contributed by atoms with Gasteiger partial charge in [-0.2, -0.15) is 0 Å². The maximum Gasteiger partial charge on any atom is 0.220 e. The molecule has 3 aliphatic heterocycles. The molecule has 29 heavy (non-hydrogen) atoms. The molecule has 3 atom stereocenters. The van der Waals surface area contributed by atoms with Crippen molar-refractivity contribution in [1.82, 2.24) is 15.5 Å². The normalized spacial score (nSPS) is 28.9. The van der Waals surface area contributed by atoms with Gasteiger partial charge in [0.1, 0.15) is 0 Å². The molecule has 0 saturated carbocycles. The number of benzene rings is 1. The Bertz CT molecular complexity index is 645. The lowest BCUT2D eigenvalue weighted by molar-refractivity contribution is -0.122. The summed E-state index contributed by atoms with van der Waals surface area (Å²) in [5.41, 5.74) is 2.64. The maximum absolute atomic E-state index is 12.5. The first kappa shape index (κ1) is 24.5. The fraction of sp³-hybridized carbons (Fsp3) is 0.696. The lowest BCUT2D eigenvalue weighted by Gasteiger charge is -2.33. The number of halogens is 2. The van der Waals surface area contributed by atoms with E-state index >= 15 is 0 Å². The van der Waals surface area contributed by atoms with Crippen LogP contribution in [0.2, 0.25) is 0 Å². The Hall–Kier alpha value is -0.810. The highest BCUT2D eigenvalue weighted by Crippen LogP contribution is 2.32. The van der Waals surface area contributed by atoms with Gasteiger partial charge in [-0.15, -0.1) is 24.8 Å². The molecule has 164 valence electrons. The minimum Gasteiger partial charge on any atom is -0.352 e. The number of piperidine rings is 2. The highest BCUT2D eigenvalue weighted by Gasteiger charge is 2.34. The third-order valence-electron chi connectivity index (χ3n) is 6.95.